The van der Waals surface area contributed by atoms with E-state index in [0.717, 1.165) is 57.8 Å². The number of hydrogen-bond donors (Lipinski definition) is 0. The third-order valence-electron chi connectivity index (χ3n) is 20.6. The molecule has 0 aromatic carbocycles. The molecule has 0 aliphatic carbocycles. The first-order chi connectivity index (χ1) is 29.6. The lowest BCUT2D eigenvalue weighted by Crippen LogP contribution is -2.58. The van der Waals surface area contributed by atoms with Gasteiger partial charge in [-0.3, -0.25) is 4.79 Å². The van der Waals surface area contributed by atoms with Gasteiger partial charge in [0, 0.05) is 23.7 Å². The Hall–Kier alpha value is 0.218. The highest BCUT2D eigenvalue weighted by atomic mass is 28.4. The molecule has 9 nitrogen and oxygen atoms in total. The van der Waals surface area contributed by atoms with Crippen LogP contribution in [0.4, 0.5) is 0 Å². The molecule has 0 aromatic rings. The van der Waals surface area contributed by atoms with Crippen LogP contribution in [0.5, 0.6) is 0 Å². The van der Waals surface area contributed by atoms with Crippen molar-refractivity contribution in [1.29, 1.82) is 0 Å². The summed E-state index contributed by atoms with van der Waals surface area (Å²) < 4.78 is 58.6. The van der Waals surface area contributed by atoms with Crippen LogP contribution >= 0.6 is 0 Å². The molecule has 8 rings (SSSR count). The van der Waals surface area contributed by atoms with Crippen LogP contribution in [0, 0.1) is 35.5 Å². The van der Waals surface area contributed by atoms with Crippen LogP contribution in [0.3, 0.4) is 0 Å². The van der Waals surface area contributed by atoms with E-state index < -0.39 is 33.3 Å². The highest BCUT2D eigenvalue weighted by molar-refractivity contribution is 6.75. The summed E-state index contributed by atoms with van der Waals surface area (Å²) in [5.74, 6) is -0.239. The van der Waals surface area contributed by atoms with Crippen LogP contribution in [0.2, 0.25) is 72.5 Å². The lowest BCUT2D eigenvalue weighted by molar-refractivity contribution is -0.141. The maximum atomic E-state index is 17.0. The Morgan fingerprint density at radius 2 is 0.738 bits per heavy atom. The number of carbonyl (C=O) groups is 1. The molecular formula is C52H96O9Si4. The average Bonchev–Trinajstić information content (AvgIpc) is 4.02. The van der Waals surface area contributed by atoms with Gasteiger partial charge in [0.25, 0.3) is 0 Å². The fourth-order valence-corrected chi connectivity index (χ4v) is 18.1. The van der Waals surface area contributed by atoms with Gasteiger partial charge in [0.15, 0.2) is 33.3 Å². The van der Waals surface area contributed by atoms with Crippen LogP contribution in [0.1, 0.15) is 141 Å². The summed E-state index contributed by atoms with van der Waals surface area (Å²) in [5, 5.41) is 0.0993. The Morgan fingerprint density at radius 3 is 1.20 bits per heavy atom. The zero-order valence-electron chi connectivity index (χ0n) is 44.9. The molecule has 8 aliphatic rings. The quantitative estimate of drug-likeness (QED) is 0.149. The second-order valence-corrected chi connectivity index (χ2v) is 47.7. The molecule has 374 valence electrons. The summed E-state index contributed by atoms with van der Waals surface area (Å²) in [6.45, 7) is 47.2. The van der Waals surface area contributed by atoms with Gasteiger partial charge in [0.05, 0.1) is 79.2 Å². The van der Waals surface area contributed by atoms with Gasteiger partial charge in [-0.05, 0) is 136 Å². The third-order valence-corrected chi connectivity index (χ3v) is 38.5. The van der Waals surface area contributed by atoms with Crippen molar-refractivity contribution < 1.29 is 41.4 Å². The summed E-state index contributed by atoms with van der Waals surface area (Å²) in [7, 11) is -9.05. The zero-order valence-corrected chi connectivity index (χ0v) is 48.9. The minimum atomic E-state index is -2.30. The highest BCUT2D eigenvalue weighted by Gasteiger charge is 2.67. The van der Waals surface area contributed by atoms with Crippen LogP contribution in [0.25, 0.3) is 0 Å². The maximum Gasteiger partial charge on any atom is 0.192 e. The van der Waals surface area contributed by atoms with Crippen molar-refractivity contribution >= 4 is 39.1 Å². The number of carbonyl (C=O) groups excluding carboxylic acids is 1. The molecule has 0 aromatic heterocycles. The molecule has 0 saturated carbocycles. The van der Waals surface area contributed by atoms with E-state index >= 15 is 4.79 Å². The Balaban J connectivity index is 1.30. The van der Waals surface area contributed by atoms with Crippen LogP contribution in [0.15, 0.2) is 0 Å². The van der Waals surface area contributed by atoms with E-state index in [1.807, 2.05) is 0 Å². The summed E-state index contributed by atoms with van der Waals surface area (Å²) in [6.07, 6.45) is 8.30. The minimum Gasteiger partial charge on any atom is -0.411 e. The minimum absolute atomic E-state index is 0.000583. The van der Waals surface area contributed by atoms with Crippen molar-refractivity contribution in [2.45, 2.75) is 287 Å². The van der Waals surface area contributed by atoms with Gasteiger partial charge >= 0.3 is 0 Å². The molecule has 8 bridgehead atoms. The number of hydrogen-bond acceptors (Lipinski definition) is 9. The molecule has 0 radical (unpaired) electrons. The fraction of sp³-hybridized carbons (Fsp3) is 0.981. The van der Waals surface area contributed by atoms with E-state index in [9.17, 15) is 0 Å². The van der Waals surface area contributed by atoms with Crippen molar-refractivity contribution in [2.24, 2.45) is 35.5 Å². The van der Waals surface area contributed by atoms with Gasteiger partial charge in [-0.1, -0.05) is 83.1 Å². The van der Waals surface area contributed by atoms with Gasteiger partial charge in [-0.25, -0.2) is 0 Å². The largest absolute Gasteiger partial charge is 0.411 e. The number of ketones is 1. The third kappa shape index (κ3) is 9.22. The Morgan fingerprint density at radius 1 is 0.431 bits per heavy atom. The summed E-state index contributed by atoms with van der Waals surface area (Å²) in [6, 6.07) is 0. The van der Waals surface area contributed by atoms with Gasteiger partial charge in [-0.15, -0.1) is 0 Å². The number of Topliss-reactive ketones (excluding diaryl/α,β-unsaturated/α-hetero) is 1. The van der Waals surface area contributed by atoms with E-state index in [2.05, 4.69) is 135 Å². The van der Waals surface area contributed by atoms with E-state index in [1.54, 1.807) is 0 Å². The van der Waals surface area contributed by atoms with Crippen molar-refractivity contribution in [1.82, 2.24) is 0 Å². The SMILES string of the molecule is CC(C)(C)[Si](C)(C)OC1C2CCC(O2)C1CC(C(C(=O)C1C2CCC(O2)C1O[Si](C)(C)C(C)(C)C)C1C2CCC(O2)C1O[Si](C)(C)C(C)(C)C)C1C2CCC(O2)C1O[Si](C)(C)C(C)(C)C. The standard InChI is InChI=1S/C52H96O9Si4/c1-49(2,3)62(13,14)58-45-30(32-21-25-36(45)54-32)29-31(40-33-22-26-37(55-33)46(40)59-63(15,16)50(4,5)6)41(42-34-23-27-38(56-34)47(42)60-64(17,18)51(7,8)9)44(53)43-35-24-28-39(57-35)48(43)61-65(19,20)52(10,11)12/h30-43,45-48H,21-29H2,1-20H3. The van der Waals surface area contributed by atoms with Gasteiger partial charge in [0.1, 0.15) is 5.78 Å². The Labute approximate surface area is 400 Å². The van der Waals surface area contributed by atoms with E-state index in [4.69, 9.17) is 36.7 Å². The monoisotopic (exact) mass is 977 g/mol. The Kier molecular flexibility index (Phi) is 13.6. The topological polar surface area (TPSA) is 90.9 Å². The summed E-state index contributed by atoms with van der Waals surface area (Å²) in [4.78, 5) is 17.0. The van der Waals surface area contributed by atoms with Crippen molar-refractivity contribution in [3.63, 3.8) is 0 Å². The van der Waals surface area contributed by atoms with E-state index in [-0.39, 0.29) is 129 Å². The Bertz CT molecular complexity index is 1740. The molecule has 13 heteroatoms. The lowest BCUT2D eigenvalue weighted by atomic mass is 9.59. The van der Waals surface area contributed by atoms with Crippen molar-refractivity contribution in [3.8, 4) is 0 Å². The smallest absolute Gasteiger partial charge is 0.192 e. The predicted octanol–water partition coefficient (Wildman–Crippen LogP) is 12.4. The van der Waals surface area contributed by atoms with E-state index in [0.29, 0.717) is 5.78 Å². The summed E-state index contributed by atoms with van der Waals surface area (Å²) >= 11 is 0. The molecular weight excluding hydrogens is 881 g/mol. The molecule has 65 heavy (non-hydrogen) atoms. The first-order valence-corrected chi connectivity index (χ1v) is 38.1. The molecule has 18 atom stereocenters. The van der Waals surface area contributed by atoms with Crippen LogP contribution in [-0.4, -0.2) is 112 Å². The van der Waals surface area contributed by atoms with Crippen molar-refractivity contribution in [3.05, 3.63) is 0 Å². The van der Waals surface area contributed by atoms with Gasteiger partial charge in [-0.2, -0.15) is 0 Å². The molecule has 0 amide bonds. The van der Waals surface area contributed by atoms with Crippen LogP contribution in [-0.2, 0) is 41.4 Å². The molecule has 8 heterocycles. The van der Waals surface area contributed by atoms with Crippen molar-refractivity contribution in [2.75, 3.05) is 0 Å². The number of ether oxygens (including phenoxy) is 4. The zero-order chi connectivity index (χ0) is 48.0. The molecule has 0 spiro atoms. The molecule has 8 aliphatic heterocycles. The first-order valence-electron chi connectivity index (χ1n) is 26.5. The fourth-order valence-electron chi connectivity index (χ4n) is 12.8. The van der Waals surface area contributed by atoms with Gasteiger partial charge < -0.3 is 36.7 Å². The molecule has 18 unspecified atom stereocenters. The summed E-state index contributed by atoms with van der Waals surface area (Å²) in [5.41, 5.74) is 0. The second-order valence-electron chi connectivity index (χ2n) is 28.7. The van der Waals surface area contributed by atoms with Crippen LogP contribution < -0.4 is 0 Å². The van der Waals surface area contributed by atoms with Gasteiger partial charge in [0.2, 0.25) is 0 Å². The number of fused-ring (bicyclic) bond motifs is 8. The normalized spacial score (nSPS) is 40.7. The molecule has 8 saturated heterocycles. The lowest BCUT2D eigenvalue weighted by Gasteiger charge is -2.50. The highest BCUT2D eigenvalue weighted by Crippen LogP contribution is 2.60. The second kappa shape index (κ2) is 17.2. The maximum absolute atomic E-state index is 17.0. The molecule has 0 N–H and O–H groups in total. The van der Waals surface area contributed by atoms with E-state index in [1.165, 1.54) is 0 Å². The first kappa shape index (κ1) is 51.6. The number of rotatable bonds is 15. The molecule has 8 fully saturated rings. The predicted molar refractivity (Wildman–Crippen MR) is 270 cm³/mol. The average molecular weight is 978 g/mol.